The van der Waals surface area contributed by atoms with Crippen LogP contribution >= 0.6 is 0 Å². The molecule has 8 nitrogen and oxygen atoms in total. The second-order valence-corrected chi connectivity index (χ2v) is 7.17. The van der Waals surface area contributed by atoms with Gasteiger partial charge in [0.2, 0.25) is 11.8 Å². The smallest absolute Gasteiger partial charge is 0.244 e. The standard InChI is InChI=1S/C18H29N5O3/c1-15(12-21-7-9-26-10-8-21)18(25)20-16-11-19-23(13-16)14-17(24)22-5-3-2-4-6-22/h11,13,15H,2-10,12,14H2,1H3,(H,20,25)/t15-/m1/s1. The van der Waals surface area contributed by atoms with Crippen molar-refractivity contribution in [1.29, 1.82) is 0 Å². The minimum Gasteiger partial charge on any atom is -0.379 e. The zero-order valence-corrected chi connectivity index (χ0v) is 15.5. The Morgan fingerprint density at radius 1 is 1.19 bits per heavy atom. The third kappa shape index (κ3) is 5.28. The molecule has 2 aliphatic heterocycles. The molecular formula is C18H29N5O3. The zero-order valence-electron chi connectivity index (χ0n) is 15.5. The first kappa shape index (κ1) is 18.8. The molecule has 8 heteroatoms. The van der Waals surface area contributed by atoms with E-state index in [4.69, 9.17) is 4.74 Å². The summed E-state index contributed by atoms with van der Waals surface area (Å²) in [7, 11) is 0. The van der Waals surface area contributed by atoms with E-state index in [0.717, 1.165) is 58.8 Å². The maximum atomic E-state index is 12.4. The van der Waals surface area contributed by atoms with E-state index in [0.29, 0.717) is 5.69 Å². The van der Waals surface area contributed by atoms with Gasteiger partial charge in [-0.1, -0.05) is 6.92 Å². The number of carbonyl (C=O) groups is 2. The monoisotopic (exact) mass is 363 g/mol. The van der Waals surface area contributed by atoms with Gasteiger partial charge in [0, 0.05) is 44.8 Å². The Bertz CT molecular complexity index is 606. The first-order valence-corrected chi connectivity index (χ1v) is 9.53. The van der Waals surface area contributed by atoms with Crippen molar-refractivity contribution in [2.75, 3.05) is 51.3 Å². The summed E-state index contributed by atoms with van der Waals surface area (Å²) < 4.78 is 6.93. The highest BCUT2D eigenvalue weighted by Crippen LogP contribution is 2.12. The minimum atomic E-state index is -0.119. The van der Waals surface area contributed by atoms with Crippen LogP contribution in [0.1, 0.15) is 26.2 Å². The molecule has 1 aromatic rings. The number of likely N-dealkylation sites (tertiary alicyclic amines) is 1. The van der Waals surface area contributed by atoms with Crippen LogP contribution in [0.2, 0.25) is 0 Å². The molecule has 144 valence electrons. The predicted molar refractivity (Wildman–Crippen MR) is 97.7 cm³/mol. The number of hydrogen-bond acceptors (Lipinski definition) is 5. The van der Waals surface area contributed by atoms with Crippen LogP contribution in [-0.4, -0.2) is 77.3 Å². The Balaban J connectivity index is 1.46. The molecule has 26 heavy (non-hydrogen) atoms. The first-order chi connectivity index (χ1) is 12.6. The molecule has 0 spiro atoms. The first-order valence-electron chi connectivity index (χ1n) is 9.53. The SMILES string of the molecule is C[C@H](CN1CCOCC1)C(=O)Nc1cnn(CC(=O)N2CCCCC2)c1. The average Bonchev–Trinajstić information content (AvgIpc) is 3.10. The lowest BCUT2D eigenvalue weighted by Crippen LogP contribution is -2.41. The summed E-state index contributed by atoms with van der Waals surface area (Å²) >= 11 is 0. The molecule has 1 aromatic heterocycles. The molecule has 0 unspecified atom stereocenters. The summed E-state index contributed by atoms with van der Waals surface area (Å²) in [5, 5.41) is 7.11. The molecule has 0 aromatic carbocycles. The molecule has 0 aliphatic carbocycles. The van der Waals surface area contributed by atoms with Gasteiger partial charge in [-0.05, 0) is 19.3 Å². The number of nitrogens with zero attached hydrogens (tertiary/aromatic N) is 4. The molecule has 2 aliphatic rings. The quantitative estimate of drug-likeness (QED) is 0.809. The fourth-order valence-corrected chi connectivity index (χ4v) is 3.42. The summed E-state index contributed by atoms with van der Waals surface area (Å²) in [6.45, 7) is 7.73. The fourth-order valence-electron chi connectivity index (χ4n) is 3.42. The molecule has 2 fully saturated rings. The van der Waals surface area contributed by atoms with Gasteiger partial charge in [-0.3, -0.25) is 19.2 Å². The van der Waals surface area contributed by atoms with Gasteiger partial charge in [0.1, 0.15) is 6.54 Å². The van der Waals surface area contributed by atoms with E-state index < -0.39 is 0 Å². The maximum absolute atomic E-state index is 12.4. The number of piperidine rings is 1. The van der Waals surface area contributed by atoms with E-state index in [2.05, 4.69) is 15.3 Å². The van der Waals surface area contributed by atoms with Crippen molar-refractivity contribution in [2.24, 2.45) is 5.92 Å². The van der Waals surface area contributed by atoms with Crippen molar-refractivity contribution in [3.8, 4) is 0 Å². The number of rotatable bonds is 6. The Labute approximate surface area is 154 Å². The van der Waals surface area contributed by atoms with Crippen LogP contribution in [0.3, 0.4) is 0 Å². The van der Waals surface area contributed by atoms with E-state index in [1.165, 1.54) is 6.42 Å². The van der Waals surface area contributed by atoms with E-state index >= 15 is 0 Å². The van der Waals surface area contributed by atoms with Crippen molar-refractivity contribution in [3.63, 3.8) is 0 Å². The second-order valence-electron chi connectivity index (χ2n) is 7.17. The van der Waals surface area contributed by atoms with Crippen molar-refractivity contribution >= 4 is 17.5 Å². The third-order valence-corrected chi connectivity index (χ3v) is 4.99. The number of anilines is 1. The van der Waals surface area contributed by atoms with Gasteiger partial charge in [-0.15, -0.1) is 0 Å². The van der Waals surface area contributed by atoms with Crippen molar-refractivity contribution in [3.05, 3.63) is 12.4 Å². The van der Waals surface area contributed by atoms with E-state index in [-0.39, 0.29) is 24.3 Å². The van der Waals surface area contributed by atoms with Crippen LogP contribution in [0, 0.1) is 5.92 Å². The molecule has 0 saturated carbocycles. The predicted octanol–water partition coefficient (Wildman–Crippen LogP) is 0.802. The highest BCUT2D eigenvalue weighted by molar-refractivity contribution is 5.92. The van der Waals surface area contributed by atoms with Crippen molar-refractivity contribution < 1.29 is 14.3 Å². The average molecular weight is 363 g/mol. The largest absolute Gasteiger partial charge is 0.379 e. The number of aromatic nitrogens is 2. The van der Waals surface area contributed by atoms with Crippen molar-refractivity contribution in [1.82, 2.24) is 19.6 Å². The van der Waals surface area contributed by atoms with Crippen LogP contribution in [-0.2, 0) is 20.9 Å². The highest BCUT2D eigenvalue weighted by Gasteiger charge is 2.20. The summed E-state index contributed by atoms with van der Waals surface area (Å²) in [5.41, 5.74) is 0.635. The second kappa shape index (κ2) is 9.14. The lowest BCUT2D eigenvalue weighted by molar-refractivity contribution is -0.132. The summed E-state index contributed by atoms with van der Waals surface area (Å²) in [4.78, 5) is 28.8. The minimum absolute atomic E-state index is 0.0293. The Hall–Kier alpha value is -1.93. The summed E-state index contributed by atoms with van der Waals surface area (Å²) in [6.07, 6.45) is 6.68. The molecule has 1 N–H and O–H groups in total. The number of ether oxygens (including phenoxy) is 1. The van der Waals surface area contributed by atoms with Gasteiger partial charge in [0.15, 0.2) is 0 Å². The molecule has 2 saturated heterocycles. The summed E-state index contributed by atoms with van der Waals surface area (Å²) in [6, 6.07) is 0. The maximum Gasteiger partial charge on any atom is 0.244 e. The van der Waals surface area contributed by atoms with E-state index in [1.807, 2.05) is 11.8 Å². The Kier molecular flexibility index (Phi) is 6.62. The zero-order chi connectivity index (χ0) is 18.4. The number of nitrogens with one attached hydrogen (secondary N) is 1. The number of carbonyl (C=O) groups excluding carboxylic acids is 2. The molecule has 0 radical (unpaired) electrons. The van der Waals surface area contributed by atoms with E-state index in [1.54, 1.807) is 17.1 Å². The van der Waals surface area contributed by atoms with Gasteiger partial charge in [-0.25, -0.2) is 0 Å². The number of morpholine rings is 1. The molecule has 1 atom stereocenters. The van der Waals surface area contributed by atoms with Gasteiger partial charge >= 0.3 is 0 Å². The third-order valence-electron chi connectivity index (χ3n) is 4.99. The number of hydrogen-bond donors (Lipinski definition) is 1. The molecular weight excluding hydrogens is 334 g/mol. The van der Waals surface area contributed by atoms with Crippen molar-refractivity contribution in [2.45, 2.75) is 32.7 Å². The highest BCUT2D eigenvalue weighted by atomic mass is 16.5. The lowest BCUT2D eigenvalue weighted by Gasteiger charge is -2.28. The van der Waals surface area contributed by atoms with Gasteiger partial charge in [0.25, 0.3) is 0 Å². The van der Waals surface area contributed by atoms with Gasteiger partial charge < -0.3 is 15.0 Å². The Morgan fingerprint density at radius 2 is 1.92 bits per heavy atom. The summed E-state index contributed by atoms with van der Waals surface area (Å²) in [5.74, 6) is -0.0591. The van der Waals surface area contributed by atoms with Crippen LogP contribution in [0.5, 0.6) is 0 Å². The van der Waals surface area contributed by atoms with Gasteiger partial charge in [0.05, 0.1) is 25.1 Å². The normalized spacial score (nSPS) is 20.0. The van der Waals surface area contributed by atoms with Crippen LogP contribution < -0.4 is 5.32 Å². The molecule has 2 amide bonds. The van der Waals surface area contributed by atoms with Crippen LogP contribution in [0.15, 0.2) is 12.4 Å². The Morgan fingerprint density at radius 3 is 2.65 bits per heavy atom. The number of amides is 2. The van der Waals surface area contributed by atoms with Crippen LogP contribution in [0.4, 0.5) is 5.69 Å². The molecule has 3 heterocycles. The lowest BCUT2D eigenvalue weighted by atomic mass is 10.1. The topological polar surface area (TPSA) is 79.7 Å². The molecule has 3 rings (SSSR count). The van der Waals surface area contributed by atoms with E-state index in [9.17, 15) is 9.59 Å². The molecule has 0 bridgehead atoms. The van der Waals surface area contributed by atoms with Crippen LogP contribution in [0.25, 0.3) is 0 Å². The fraction of sp³-hybridized carbons (Fsp3) is 0.722. The van der Waals surface area contributed by atoms with Gasteiger partial charge in [-0.2, -0.15) is 5.10 Å².